The van der Waals surface area contributed by atoms with Gasteiger partial charge in [0.1, 0.15) is 12.4 Å². The third-order valence-electron chi connectivity index (χ3n) is 4.65. The molecule has 1 aromatic heterocycles. The molecule has 0 radical (unpaired) electrons. The van der Waals surface area contributed by atoms with Gasteiger partial charge in [-0.3, -0.25) is 0 Å². The first kappa shape index (κ1) is 19.1. The van der Waals surface area contributed by atoms with Gasteiger partial charge in [0.15, 0.2) is 11.5 Å². The molecule has 3 heterocycles. The van der Waals surface area contributed by atoms with Crippen LogP contribution in [0.5, 0.6) is 11.5 Å². The molecule has 0 unspecified atom stereocenters. The van der Waals surface area contributed by atoms with Crippen LogP contribution in [0.2, 0.25) is 0 Å². The van der Waals surface area contributed by atoms with Crippen molar-refractivity contribution in [1.82, 2.24) is 15.0 Å². The summed E-state index contributed by atoms with van der Waals surface area (Å²) in [5.74, 6) is 0.802. The SMILES string of the molecule is CC[C@H]1COC(=O)N1c1nc(C)nc(N[C@@H](C)c2ccc3c(c2)OC(F)(F)O3)n1. The largest absolute Gasteiger partial charge is 0.586 e. The van der Waals surface area contributed by atoms with Gasteiger partial charge in [-0.2, -0.15) is 15.0 Å². The highest BCUT2D eigenvalue weighted by molar-refractivity contribution is 5.88. The lowest BCUT2D eigenvalue weighted by molar-refractivity contribution is -0.286. The minimum atomic E-state index is -3.67. The van der Waals surface area contributed by atoms with E-state index >= 15 is 0 Å². The third-order valence-corrected chi connectivity index (χ3v) is 4.65. The third kappa shape index (κ3) is 3.71. The summed E-state index contributed by atoms with van der Waals surface area (Å²) in [6.07, 6.45) is -3.48. The smallest absolute Gasteiger partial charge is 0.447 e. The number of halogens is 2. The van der Waals surface area contributed by atoms with Gasteiger partial charge in [0, 0.05) is 0 Å². The Kier molecular flexibility index (Phi) is 4.59. The summed E-state index contributed by atoms with van der Waals surface area (Å²) < 4.78 is 40.4. The van der Waals surface area contributed by atoms with E-state index in [1.807, 2.05) is 13.8 Å². The number of hydrogen-bond acceptors (Lipinski definition) is 8. The number of nitrogens with one attached hydrogen (secondary N) is 1. The number of amides is 1. The van der Waals surface area contributed by atoms with Crippen LogP contribution in [-0.4, -0.2) is 40.0 Å². The molecule has 4 rings (SSSR count). The highest BCUT2D eigenvalue weighted by Gasteiger charge is 2.43. The van der Waals surface area contributed by atoms with Crippen LogP contribution in [0.3, 0.4) is 0 Å². The maximum Gasteiger partial charge on any atom is 0.586 e. The molecule has 2 aromatic rings. The molecule has 2 aliphatic rings. The summed E-state index contributed by atoms with van der Waals surface area (Å²) in [5.41, 5.74) is 0.664. The van der Waals surface area contributed by atoms with E-state index in [2.05, 4.69) is 29.7 Å². The molecule has 1 saturated heterocycles. The number of alkyl halides is 2. The van der Waals surface area contributed by atoms with Gasteiger partial charge in [-0.1, -0.05) is 13.0 Å². The van der Waals surface area contributed by atoms with Crippen LogP contribution in [0.15, 0.2) is 18.2 Å². The molecule has 2 aliphatic heterocycles. The molecule has 9 nitrogen and oxygen atoms in total. The summed E-state index contributed by atoms with van der Waals surface area (Å²) >= 11 is 0. The zero-order valence-electron chi connectivity index (χ0n) is 16.0. The second-order valence-corrected chi connectivity index (χ2v) is 6.75. The lowest BCUT2D eigenvalue weighted by Gasteiger charge is -2.20. The molecule has 29 heavy (non-hydrogen) atoms. The van der Waals surface area contributed by atoms with Crippen LogP contribution in [0.25, 0.3) is 0 Å². The van der Waals surface area contributed by atoms with Crippen LogP contribution in [0.1, 0.15) is 37.7 Å². The number of ether oxygens (including phenoxy) is 3. The van der Waals surface area contributed by atoms with Gasteiger partial charge >= 0.3 is 12.4 Å². The van der Waals surface area contributed by atoms with Gasteiger partial charge in [0.25, 0.3) is 0 Å². The number of carbonyl (C=O) groups is 1. The fourth-order valence-electron chi connectivity index (χ4n) is 3.16. The number of cyclic esters (lactones) is 1. The van der Waals surface area contributed by atoms with E-state index in [4.69, 9.17) is 4.74 Å². The number of aromatic nitrogens is 3. The first-order valence-corrected chi connectivity index (χ1v) is 9.10. The zero-order chi connectivity index (χ0) is 20.8. The molecule has 11 heteroatoms. The van der Waals surface area contributed by atoms with E-state index in [9.17, 15) is 13.6 Å². The predicted octanol–water partition coefficient (Wildman–Crippen LogP) is 3.41. The van der Waals surface area contributed by atoms with Crippen molar-refractivity contribution >= 4 is 18.0 Å². The first-order valence-electron chi connectivity index (χ1n) is 9.10. The Morgan fingerprint density at radius 2 is 2.03 bits per heavy atom. The lowest BCUT2D eigenvalue weighted by atomic mass is 10.1. The van der Waals surface area contributed by atoms with Crippen molar-refractivity contribution in [1.29, 1.82) is 0 Å². The van der Waals surface area contributed by atoms with Gasteiger partial charge < -0.3 is 19.5 Å². The summed E-state index contributed by atoms with van der Waals surface area (Å²) in [5, 5.41) is 3.10. The van der Waals surface area contributed by atoms with Crippen LogP contribution in [0, 0.1) is 6.92 Å². The van der Waals surface area contributed by atoms with Crippen LogP contribution < -0.4 is 19.7 Å². The molecule has 1 aromatic carbocycles. The van der Waals surface area contributed by atoms with Crippen LogP contribution in [0.4, 0.5) is 25.5 Å². The van der Waals surface area contributed by atoms with E-state index < -0.39 is 12.4 Å². The molecule has 2 atom stereocenters. The van der Waals surface area contributed by atoms with Crippen molar-refractivity contribution in [3.05, 3.63) is 29.6 Å². The molecule has 1 N–H and O–H groups in total. The number of aryl methyl sites for hydroxylation is 1. The molecule has 154 valence electrons. The summed E-state index contributed by atoms with van der Waals surface area (Å²) in [4.78, 5) is 26.3. The second-order valence-electron chi connectivity index (χ2n) is 6.75. The molecule has 1 amide bonds. The number of benzene rings is 1. The predicted molar refractivity (Wildman–Crippen MR) is 97.2 cm³/mol. The number of carbonyl (C=O) groups excluding carboxylic acids is 1. The Morgan fingerprint density at radius 3 is 2.79 bits per heavy atom. The normalized spacial score (nSPS) is 20.5. The fourth-order valence-corrected chi connectivity index (χ4v) is 3.16. The van der Waals surface area contributed by atoms with Crippen molar-refractivity contribution in [2.45, 2.75) is 45.6 Å². The van der Waals surface area contributed by atoms with E-state index in [-0.39, 0.29) is 42.1 Å². The Bertz CT molecular complexity index is 958. The summed E-state index contributed by atoms with van der Waals surface area (Å²) in [6, 6.07) is 4.03. The zero-order valence-corrected chi connectivity index (χ0v) is 16.0. The summed E-state index contributed by atoms with van der Waals surface area (Å²) in [7, 11) is 0. The number of hydrogen-bond donors (Lipinski definition) is 1. The van der Waals surface area contributed by atoms with Gasteiger partial charge in [-0.05, 0) is 38.0 Å². The monoisotopic (exact) mass is 407 g/mol. The van der Waals surface area contributed by atoms with Crippen molar-refractivity contribution in [3.63, 3.8) is 0 Å². The molecule has 0 aliphatic carbocycles. The first-order chi connectivity index (χ1) is 13.8. The van der Waals surface area contributed by atoms with Crippen molar-refractivity contribution in [3.8, 4) is 11.5 Å². The number of rotatable bonds is 5. The Morgan fingerprint density at radius 1 is 1.28 bits per heavy atom. The molecular formula is C18H19F2N5O4. The lowest BCUT2D eigenvalue weighted by Crippen LogP contribution is -2.34. The standard InChI is InChI=1S/C18H19F2N5O4/c1-4-12-8-27-17(26)25(12)16-23-10(3)22-15(24-16)21-9(2)11-5-6-13-14(7-11)29-18(19,20)28-13/h5-7,9,12H,4,8H2,1-3H3,(H,21,22,23,24)/t9-,12-/m0/s1. The number of nitrogens with zero attached hydrogens (tertiary/aromatic N) is 4. The minimum Gasteiger partial charge on any atom is -0.447 e. The van der Waals surface area contributed by atoms with E-state index in [1.165, 1.54) is 17.0 Å². The quantitative estimate of drug-likeness (QED) is 0.805. The van der Waals surface area contributed by atoms with Crippen molar-refractivity contribution in [2.75, 3.05) is 16.8 Å². The molecule has 0 saturated carbocycles. The second kappa shape index (κ2) is 6.98. The summed E-state index contributed by atoms with van der Waals surface area (Å²) in [6.45, 7) is 5.72. The average Bonchev–Trinajstić information content (AvgIpc) is 3.17. The van der Waals surface area contributed by atoms with E-state index in [0.717, 1.165) is 0 Å². The van der Waals surface area contributed by atoms with Gasteiger partial charge in [0.05, 0.1) is 12.1 Å². The maximum absolute atomic E-state index is 13.2. The average molecular weight is 407 g/mol. The number of fused-ring (bicyclic) bond motifs is 1. The van der Waals surface area contributed by atoms with Gasteiger partial charge in [-0.25, -0.2) is 9.69 Å². The molecule has 0 spiro atoms. The number of anilines is 2. The fraction of sp³-hybridized carbons (Fsp3) is 0.444. The molecule has 0 bridgehead atoms. The van der Waals surface area contributed by atoms with E-state index in [0.29, 0.717) is 17.8 Å². The Hall–Kier alpha value is -3.24. The minimum absolute atomic E-state index is 0.0256. The molecule has 1 fully saturated rings. The van der Waals surface area contributed by atoms with E-state index in [1.54, 1.807) is 13.0 Å². The highest BCUT2D eigenvalue weighted by atomic mass is 19.3. The topological polar surface area (TPSA) is 98.7 Å². The highest BCUT2D eigenvalue weighted by Crippen LogP contribution is 2.42. The maximum atomic E-state index is 13.2. The van der Waals surface area contributed by atoms with Crippen molar-refractivity contribution in [2.24, 2.45) is 0 Å². The van der Waals surface area contributed by atoms with Crippen LogP contribution >= 0.6 is 0 Å². The molecular weight excluding hydrogens is 388 g/mol. The van der Waals surface area contributed by atoms with Crippen molar-refractivity contribution < 1.29 is 27.8 Å². The Balaban J connectivity index is 1.56. The Labute approximate surface area is 165 Å². The van der Waals surface area contributed by atoms with Gasteiger partial charge in [-0.15, -0.1) is 8.78 Å². The van der Waals surface area contributed by atoms with Crippen LogP contribution in [-0.2, 0) is 4.74 Å². The van der Waals surface area contributed by atoms with Gasteiger partial charge in [0.2, 0.25) is 11.9 Å².